The zero-order valence-corrected chi connectivity index (χ0v) is 14.6. The van der Waals surface area contributed by atoms with E-state index in [1.54, 1.807) is 0 Å². The van der Waals surface area contributed by atoms with Gasteiger partial charge in [0.25, 0.3) is 0 Å². The molecule has 4 heteroatoms. The highest BCUT2D eigenvalue weighted by molar-refractivity contribution is 5.79. The molecule has 2 aliphatic heterocycles. The molecule has 1 amide bonds. The maximum absolute atomic E-state index is 12.7. The number of amides is 1. The van der Waals surface area contributed by atoms with Gasteiger partial charge < -0.3 is 4.90 Å². The molecule has 1 aromatic rings. The summed E-state index contributed by atoms with van der Waals surface area (Å²) in [6.07, 6.45) is 4.36. The number of hydrogen-bond donors (Lipinski definition) is 0. The molecule has 1 atom stereocenters. The molecular formula is C20H27N3O. The lowest BCUT2D eigenvalue weighted by Gasteiger charge is -2.37. The molecule has 0 spiro atoms. The van der Waals surface area contributed by atoms with E-state index in [0.29, 0.717) is 17.4 Å². The van der Waals surface area contributed by atoms with Crippen LogP contribution in [-0.2, 0) is 11.3 Å². The number of benzene rings is 1. The molecule has 3 rings (SSSR count). The predicted molar refractivity (Wildman–Crippen MR) is 94.1 cm³/mol. The quantitative estimate of drug-likeness (QED) is 0.858. The first kappa shape index (κ1) is 17.0. The minimum absolute atomic E-state index is 0.215. The van der Waals surface area contributed by atoms with E-state index in [9.17, 15) is 4.79 Å². The van der Waals surface area contributed by atoms with Crippen molar-refractivity contribution in [1.29, 1.82) is 5.26 Å². The summed E-state index contributed by atoms with van der Waals surface area (Å²) in [5, 5.41) is 8.86. The van der Waals surface area contributed by atoms with E-state index in [0.717, 1.165) is 52.0 Å². The highest BCUT2D eigenvalue weighted by atomic mass is 16.2. The fourth-order valence-corrected chi connectivity index (χ4v) is 3.93. The number of nitrogens with zero attached hydrogens (tertiary/aromatic N) is 3. The fraction of sp³-hybridized carbons (Fsp3) is 0.600. The number of hydrogen-bond acceptors (Lipinski definition) is 3. The molecule has 2 heterocycles. The normalized spacial score (nSPS) is 23.0. The Kier molecular flexibility index (Phi) is 5.52. The zero-order valence-electron chi connectivity index (χ0n) is 14.6. The molecule has 0 N–H and O–H groups in total. The number of carbonyl (C=O) groups excluding carboxylic acids is 1. The van der Waals surface area contributed by atoms with Crippen molar-refractivity contribution in [3.63, 3.8) is 0 Å². The molecular weight excluding hydrogens is 298 g/mol. The molecule has 1 aromatic carbocycles. The Bertz CT molecular complexity index is 596. The Hall–Kier alpha value is -1.86. The number of rotatable bonds is 3. The van der Waals surface area contributed by atoms with Crippen molar-refractivity contribution in [3.8, 4) is 6.07 Å². The van der Waals surface area contributed by atoms with Gasteiger partial charge in [0.05, 0.1) is 11.6 Å². The Morgan fingerprint density at radius 1 is 1.17 bits per heavy atom. The third kappa shape index (κ3) is 4.15. The molecule has 0 saturated carbocycles. The third-order valence-corrected chi connectivity index (χ3v) is 5.39. The summed E-state index contributed by atoms with van der Waals surface area (Å²) < 4.78 is 0. The van der Waals surface area contributed by atoms with Gasteiger partial charge >= 0.3 is 0 Å². The zero-order chi connectivity index (χ0) is 16.9. The summed E-state index contributed by atoms with van der Waals surface area (Å²) in [5.41, 5.74) is 1.95. The van der Waals surface area contributed by atoms with Gasteiger partial charge in [0.15, 0.2) is 0 Å². The van der Waals surface area contributed by atoms with Crippen LogP contribution in [0, 0.1) is 23.2 Å². The van der Waals surface area contributed by atoms with Crippen LogP contribution in [0.1, 0.15) is 43.7 Å². The second-order valence-electron chi connectivity index (χ2n) is 7.39. The molecule has 0 aliphatic carbocycles. The first-order valence-corrected chi connectivity index (χ1v) is 9.16. The summed E-state index contributed by atoms with van der Waals surface area (Å²) in [6, 6.07) is 9.98. The van der Waals surface area contributed by atoms with Crippen molar-refractivity contribution >= 4 is 5.91 Å². The summed E-state index contributed by atoms with van der Waals surface area (Å²) in [5.74, 6) is 1.26. The number of carbonyl (C=O) groups is 1. The molecule has 2 fully saturated rings. The van der Waals surface area contributed by atoms with Gasteiger partial charge in [0, 0.05) is 25.6 Å². The summed E-state index contributed by atoms with van der Waals surface area (Å²) in [6.45, 7) is 7.03. The van der Waals surface area contributed by atoms with Gasteiger partial charge in [-0.1, -0.05) is 19.1 Å². The van der Waals surface area contributed by atoms with Crippen LogP contribution in [0.3, 0.4) is 0 Å². The van der Waals surface area contributed by atoms with Crippen molar-refractivity contribution in [2.75, 3.05) is 26.2 Å². The fourth-order valence-electron chi connectivity index (χ4n) is 3.93. The Balaban J connectivity index is 1.48. The van der Waals surface area contributed by atoms with Crippen molar-refractivity contribution < 1.29 is 4.79 Å². The van der Waals surface area contributed by atoms with Crippen LogP contribution in [0.15, 0.2) is 24.3 Å². The maximum atomic E-state index is 12.7. The molecule has 2 aliphatic rings. The average molecular weight is 325 g/mol. The van der Waals surface area contributed by atoms with E-state index in [4.69, 9.17) is 5.26 Å². The smallest absolute Gasteiger partial charge is 0.225 e. The van der Waals surface area contributed by atoms with Gasteiger partial charge in [0.2, 0.25) is 5.91 Å². The second kappa shape index (κ2) is 7.81. The van der Waals surface area contributed by atoms with Crippen LogP contribution in [-0.4, -0.2) is 41.9 Å². The van der Waals surface area contributed by atoms with Gasteiger partial charge in [0.1, 0.15) is 0 Å². The van der Waals surface area contributed by atoms with E-state index in [2.05, 4.69) is 22.8 Å². The Morgan fingerprint density at radius 3 is 2.50 bits per heavy atom. The lowest BCUT2D eigenvalue weighted by molar-refractivity contribution is -0.138. The van der Waals surface area contributed by atoms with Crippen LogP contribution < -0.4 is 0 Å². The molecule has 4 nitrogen and oxygen atoms in total. The summed E-state index contributed by atoms with van der Waals surface area (Å²) in [7, 11) is 0. The second-order valence-corrected chi connectivity index (χ2v) is 7.39. The highest BCUT2D eigenvalue weighted by Gasteiger charge is 2.30. The lowest BCUT2D eigenvalue weighted by Crippen LogP contribution is -2.45. The van der Waals surface area contributed by atoms with Crippen molar-refractivity contribution in [3.05, 3.63) is 35.4 Å². The average Bonchev–Trinajstić information content (AvgIpc) is 2.62. The number of piperidine rings is 2. The maximum Gasteiger partial charge on any atom is 0.225 e. The van der Waals surface area contributed by atoms with Gasteiger partial charge in [-0.25, -0.2) is 0 Å². The predicted octanol–water partition coefficient (Wildman–Crippen LogP) is 3.03. The van der Waals surface area contributed by atoms with E-state index in [-0.39, 0.29) is 5.92 Å². The summed E-state index contributed by atoms with van der Waals surface area (Å²) in [4.78, 5) is 17.2. The van der Waals surface area contributed by atoms with Crippen LogP contribution in [0.25, 0.3) is 0 Å². The SMILES string of the molecule is C[C@H]1CCCN(C(=O)C2CCN(Cc3ccc(C#N)cc3)CC2)C1. The van der Waals surface area contributed by atoms with Gasteiger partial charge in [-0.15, -0.1) is 0 Å². The minimum atomic E-state index is 0.215. The minimum Gasteiger partial charge on any atom is -0.342 e. The Labute approximate surface area is 145 Å². The molecule has 128 valence electrons. The largest absolute Gasteiger partial charge is 0.342 e. The molecule has 0 aromatic heterocycles. The Morgan fingerprint density at radius 2 is 1.88 bits per heavy atom. The monoisotopic (exact) mass is 325 g/mol. The highest BCUT2D eigenvalue weighted by Crippen LogP contribution is 2.24. The molecule has 24 heavy (non-hydrogen) atoms. The van der Waals surface area contributed by atoms with Gasteiger partial charge in [-0.05, 0) is 62.4 Å². The first-order chi connectivity index (χ1) is 11.7. The first-order valence-electron chi connectivity index (χ1n) is 9.16. The van der Waals surface area contributed by atoms with Crippen molar-refractivity contribution in [2.24, 2.45) is 11.8 Å². The van der Waals surface area contributed by atoms with Crippen LogP contribution >= 0.6 is 0 Å². The van der Waals surface area contributed by atoms with E-state index < -0.39 is 0 Å². The topological polar surface area (TPSA) is 47.3 Å². The molecule has 0 radical (unpaired) electrons. The van der Waals surface area contributed by atoms with Gasteiger partial charge in [-0.3, -0.25) is 9.69 Å². The standard InChI is InChI=1S/C20H27N3O/c1-16-3-2-10-23(14-16)20(24)19-8-11-22(12-9-19)15-18-6-4-17(13-21)5-7-18/h4-7,16,19H,2-3,8-12,14-15H2,1H3/t16-/m0/s1. The third-order valence-electron chi connectivity index (χ3n) is 5.39. The van der Waals surface area contributed by atoms with E-state index >= 15 is 0 Å². The van der Waals surface area contributed by atoms with Crippen LogP contribution in [0.5, 0.6) is 0 Å². The lowest BCUT2D eigenvalue weighted by atomic mass is 9.92. The van der Waals surface area contributed by atoms with Crippen molar-refractivity contribution in [1.82, 2.24) is 9.80 Å². The van der Waals surface area contributed by atoms with Crippen molar-refractivity contribution in [2.45, 2.75) is 39.2 Å². The van der Waals surface area contributed by atoms with Crippen LogP contribution in [0.4, 0.5) is 0 Å². The van der Waals surface area contributed by atoms with E-state index in [1.165, 1.54) is 12.0 Å². The number of likely N-dealkylation sites (tertiary alicyclic amines) is 2. The summed E-state index contributed by atoms with van der Waals surface area (Å²) >= 11 is 0. The van der Waals surface area contributed by atoms with E-state index in [1.807, 2.05) is 24.3 Å². The van der Waals surface area contributed by atoms with Gasteiger partial charge in [-0.2, -0.15) is 5.26 Å². The molecule has 2 saturated heterocycles. The number of nitriles is 1. The molecule has 0 unspecified atom stereocenters. The molecule has 0 bridgehead atoms. The van der Waals surface area contributed by atoms with Crippen LogP contribution in [0.2, 0.25) is 0 Å².